The maximum absolute atomic E-state index is 12.5. The fraction of sp³-hybridized carbons (Fsp3) is 0.211. The monoisotopic (exact) mass is 415 g/mol. The molecule has 7 heteroatoms. The number of hydrogen-bond donors (Lipinski definition) is 2. The molecule has 1 unspecified atom stereocenters. The summed E-state index contributed by atoms with van der Waals surface area (Å²) in [6.07, 6.45) is 0.186. The highest BCUT2D eigenvalue weighted by Gasteiger charge is 2.35. The molecular weight excluding hydrogens is 398 g/mol. The van der Waals surface area contributed by atoms with E-state index in [1.54, 1.807) is 29.2 Å². The van der Waals surface area contributed by atoms with Crippen LogP contribution in [-0.2, 0) is 14.4 Å². The van der Waals surface area contributed by atoms with Crippen molar-refractivity contribution in [1.29, 1.82) is 0 Å². The molecule has 2 aromatic rings. The van der Waals surface area contributed by atoms with Crippen molar-refractivity contribution < 1.29 is 14.4 Å². The van der Waals surface area contributed by atoms with Crippen molar-refractivity contribution in [3.63, 3.8) is 0 Å². The number of hydrogen-bond acceptors (Lipinski definition) is 3. The first-order valence-corrected chi connectivity index (χ1v) is 8.96. The lowest BCUT2D eigenvalue weighted by molar-refractivity contribution is -0.122. The van der Waals surface area contributed by atoms with E-state index >= 15 is 0 Å². The summed E-state index contributed by atoms with van der Waals surface area (Å²) >= 11 is 3.37. The minimum Gasteiger partial charge on any atom is -0.326 e. The molecule has 3 rings (SSSR count). The largest absolute Gasteiger partial charge is 0.326 e. The first kappa shape index (κ1) is 18.1. The number of anilines is 3. The van der Waals surface area contributed by atoms with Gasteiger partial charge in [-0.2, -0.15) is 0 Å². The number of halogens is 1. The number of carbonyl (C=O) groups is 3. The predicted molar refractivity (Wildman–Crippen MR) is 104 cm³/mol. The number of benzene rings is 2. The van der Waals surface area contributed by atoms with E-state index < -0.39 is 5.92 Å². The zero-order valence-electron chi connectivity index (χ0n) is 14.2. The lowest BCUT2D eigenvalue weighted by Gasteiger charge is -2.17. The minimum atomic E-state index is -0.402. The number of nitrogens with one attached hydrogen (secondary N) is 2. The second-order valence-corrected chi connectivity index (χ2v) is 7.05. The molecule has 2 N–H and O–H groups in total. The zero-order valence-corrected chi connectivity index (χ0v) is 15.7. The maximum atomic E-state index is 12.5. The lowest BCUT2D eigenvalue weighted by Crippen LogP contribution is -2.28. The van der Waals surface area contributed by atoms with E-state index in [2.05, 4.69) is 26.6 Å². The van der Waals surface area contributed by atoms with Gasteiger partial charge in [-0.3, -0.25) is 14.4 Å². The van der Waals surface area contributed by atoms with Crippen molar-refractivity contribution in [3.8, 4) is 0 Å². The Kier molecular flexibility index (Phi) is 5.37. The van der Waals surface area contributed by atoms with Gasteiger partial charge in [0.15, 0.2) is 0 Å². The average molecular weight is 416 g/mol. The van der Waals surface area contributed by atoms with Crippen LogP contribution in [0.25, 0.3) is 0 Å². The smallest absolute Gasteiger partial charge is 0.229 e. The average Bonchev–Trinajstić information content (AvgIpc) is 2.99. The van der Waals surface area contributed by atoms with E-state index in [0.29, 0.717) is 17.9 Å². The van der Waals surface area contributed by atoms with Gasteiger partial charge in [0.25, 0.3) is 0 Å². The molecule has 1 saturated heterocycles. The van der Waals surface area contributed by atoms with Crippen LogP contribution in [-0.4, -0.2) is 24.3 Å². The van der Waals surface area contributed by atoms with Crippen LogP contribution in [0.3, 0.4) is 0 Å². The van der Waals surface area contributed by atoms with Crippen molar-refractivity contribution in [2.24, 2.45) is 5.92 Å². The van der Waals surface area contributed by atoms with Crippen molar-refractivity contribution in [2.45, 2.75) is 13.3 Å². The number of carbonyl (C=O) groups excluding carboxylic acids is 3. The Morgan fingerprint density at radius 3 is 2.15 bits per heavy atom. The van der Waals surface area contributed by atoms with Gasteiger partial charge in [-0.05, 0) is 48.5 Å². The molecule has 6 nitrogen and oxygen atoms in total. The van der Waals surface area contributed by atoms with E-state index in [0.717, 1.165) is 10.2 Å². The molecule has 3 amide bonds. The number of nitrogens with zero attached hydrogens (tertiary/aromatic N) is 1. The zero-order chi connectivity index (χ0) is 18.7. The van der Waals surface area contributed by atoms with Crippen molar-refractivity contribution in [1.82, 2.24) is 0 Å². The third-order valence-corrected chi connectivity index (χ3v) is 4.64. The third kappa shape index (κ3) is 4.29. The third-order valence-electron chi connectivity index (χ3n) is 4.11. The summed E-state index contributed by atoms with van der Waals surface area (Å²) in [6, 6.07) is 14.3. The predicted octanol–water partition coefficient (Wildman–Crippen LogP) is 3.40. The first-order valence-electron chi connectivity index (χ1n) is 8.17. The summed E-state index contributed by atoms with van der Waals surface area (Å²) in [5.74, 6) is -0.806. The molecule has 0 aromatic heterocycles. The van der Waals surface area contributed by atoms with Crippen LogP contribution in [0.15, 0.2) is 53.0 Å². The molecule has 1 aliphatic rings. The van der Waals surface area contributed by atoms with Gasteiger partial charge in [-0.25, -0.2) is 0 Å². The van der Waals surface area contributed by atoms with Crippen molar-refractivity contribution >= 4 is 50.7 Å². The van der Waals surface area contributed by atoms with Gasteiger partial charge in [0.2, 0.25) is 17.7 Å². The summed E-state index contributed by atoms with van der Waals surface area (Å²) in [6.45, 7) is 1.79. The van der Waals surface area contributed by atoms with E-state index in [1.165, 1.54) is 6.92 Å². The molecule has 1 fully saturated rings. The van der Waals surface area contributed by atoms with Crippen LogP contribution >= 0.6 is 15.9 Å². The highest BCUT2D eigenvalue weighted by Crippen LogP contribution is 2.27. The van der Waals surface area contributed by atoms with Gasteiger partial charge in [-0.1, -0.05) is 15.9 Å². The maximum Gasteiger partial charge on any atom is 0.229 e. The van der Waals surface area contributed by atoms with Crippen LogP contribution in [0.1, 0.15) is 13.3 Å². The molecule has 1 aliphatic heterocycles. The van der Waals surface area contributed by atoms with Gasteiger partial charge >= 0.3 is 0 Å². The second kappa shape index (κ2) is 7.70. The van der Waals surface area contributed by atoms with E-state index in [9.17, 15) is 14.4 Å². The number of amides is 3. The molecule has 134 valence electrons. The molecule has 0 radical (unpaired) electrons. The summed E-state index contributed by atoms with van der Waals surface area (Å²) in [5, 5.41) is 5.50. The fourth-order valence-electron chi connectivity index (χ4n) is 2.84. The van der Waals surface area contributed by atoms with Crippen LogP contribution in [0, 0.1) is 5.92 Å². The van der Waals surface area contributed by atoms with E-state index in [1.807, 2.05) is 24.3 Å². The van der Waals surface area contributed by atoms with Crippen LogP contribution < -0.4 is 15.5 Å². The molecule has 2 aromatic carbocycles. The second-order valence-electron chi connectivity index (χ2n) is 6.13. The Balaban J connectivity index is 1.62. The molecule has 0 aliphatic carbocycles. The normalized spacial score (nSPS) is 16.5. The van der Waals surface area contributed by atoms with Gasteiger partial charge in [-0.15, -0.1) is 0 Å². The van der Waals surface area contributed by atoms with Crippen molar-refractivity contribution in [2.75, 3.05) is 22.1 Å². The Bertz CT molecular complexity index is 834. The number of rotatable bonds is 4. The van der Waals surface area contributed by atoms with E-state index in [-0.39, 0.29) is 24.1 Å². The van der Waals surface area contributed by atoms with Crippen LogP contribution in [0.5, 0.6) is 0 Å². The summed E-state index contributed by atoms with van der Waals surface area (Å²) in [4.78, 5) is 37.4. The standard InChI is InChI=1S/C19H18BrN3O3/c1-12(24)21-15-4-6-16(7-5-15)22-19(26)13-10-18(25)23(11-13)17-8-2-14(20)3-9-17/h2-9,13H,10-11H2,1H3,(H,21,24)(H,22,26). The fourth-order valence-corrected chi connectivity index (χ4v) is 3.10. The van der Waals surface area contributed by atoms with Gasteiger partial charge in [0.05, 0.1) is 5.92 Å². The highest BCUT2D eigenvalue weighted by atomic mass is 79.9. The van der Waals surface area contributed by atoms with Gasteiger partial charge in [0.1, 0.15) is 0 Å². The molecule has 0 saturated carbocycles. The Morgan fingerprint density at radius 2 is 1.58 bits per heavy atom. The molecule has 0 spiro atoms. The SMILES string of the molecule is CC(=O)Nc1ccc(NC(=O)C2CC(=O)N(c3ccc(Br)cc3)C2)cc1. The summed E-state index contributed by atoms with van der Waals surface area (Å²) in [7, 11) is 0. The molecule has 26 heavy (non-hydrogen) atoms. The molecular formula is C19H18BrN3O3. The molecule has 1 heterocycles. The minimum absolute atomic E-state index is 0.0616. The van der Waals surface area contributed by atoms with Crippen LogP contribution in [0.4, 0.5) is 17.1 Å². The molecule has 0 bridgehead atoms. The topological polar surface area (TPSA) is 78.5 Å². The van der Waals surface area contributed by atoms with Gasteiger partial charge < -0.3 is 15.5 Å². The Labute approximate surface area is 159 Å². The lowest BCUT2D eigenvalue weighted by atomic mass is 10.1. The summed E-state index contributed by atoms with van der Waals surface area (Å²) < 4.78 is 0.935. The van der Waals surface area contributed by atoms with E-state index in [4.69, 9.17) is 0 Å². The first-order chi connectivity index (χ1) is 12.4. The van der Waals surface area contributed by atoms with Crippen LogP contribution in [0.2, 0.25) is 0 Å². The Hall–Kier alpha value is -2.67. The highest BCUT2D eigenvalue weighted by molar-refractivity contribution is 9.10. The summed E-state index contributed by atoms with van der Waals surface area (Å²) in [5.41, 5.74) is 2.07. The van der Waals surface area contributed by atoms with Crippen molar-refractivity contribution in [3.05, 3.63) is 53.0 Å². The quantitative estimate of drug-likeness (QED) is 0.802. The Morgan fingerprint density at radius 1 is 1.00 bits per heavy atom. The van der Waals surface area contributed by atoms with Gasteiger partial charge in [0, 0.05) is 41.4 Å². The molecule has 1 atom stereocenters.